The lowest BCUT2D eigenvalue weighted by atomic mass is 9.88. The number of morpholine rings is 1. The number of carbonyl (C=O) groups excluding carboxylic acids is 2. The van der Waals surface area contributed by atoms with Crippen LogP contribution in [-0.4, -0.2) is 49.1 Å². The molecule has 0 aliphatic carbocycles. The van der Waals surface area contributed by atoms with Crippen molar-refractivity contribution >= 4 is 23.2 Å². The number of hydrogen-bond donors (Lipinski definition) is 1. The fourth-order valence-electron chi connectivity index (χ4n) is 3.54. The Morgan fingerprint density at radius 2 is 1.93 bits per heavy atom. The molecule has 1 fully saturated rings. The molecule has 0 radical (unpaired) electrons. The summed E-state index contributed by atoms with van der Waals surface area (Å²) in [7, 11) is 1.61. The van der Waals surface area contributed by atoms with Crippen LogP contribution in [0.5, 0.6) is 0 Å². The minimum Gasteiger partial charge on any atom is -0.361 e. The molecule has 0 spiro atoms. The number of hydrogen-bond acceptors (Lipinski definition) is 4. The van der Waals surface area contributed by atoms with E-state index in [4.69, 9.17) is 4.74 Å². The van der Waals surface area contributed by atoms with Crippen molar-refractivity contribution in [3.8, 4) is 10.4 Å². The number of rotatable bonds is 4. The van der Waals surface area contributed by atoms with Crippen molar-refractivity contribution in [3.63, 3.8) is 0 Å². The van der Waals surface area contributed by atoms with E-state index in [1.807, 2.05) is 39.0 Å². The Labute approximate surface area is 170 Å². The van der Waals surface area contributed by atoms with Crippen molar-refractivity contribution in [2.24, 2.45) is 5.41 Å². The highest BCUT2D eigenvalue weighted by molar-refractivity contribution is 7.13. The first kappa shape index (κ1) is 20.6. The minimum atomic E-state index is -1.07. The predicted octanol–water partition coefficient (Wildman–Crippen LogP) is 3.35. The van der Waals surface area contributed by atoms with Crippen LogP contribution in [0.4, 0.5) is 0 Å². The first-order valence-corrected chi connectivity index (χ1v) is 10.4. The Hall–Kier alpha value is -2.18. The average Bonchev–Trinajstić information content (AvgIpc) is 3.21. The molecule has 150 valence electrons. The first-order chi connectivity index (χ1) is 13.2. The van der Waals surface area contributed by atoms with Gasteiger partial charge in [0.2, 0.25) is 5.91 Å². The second-order valence-electron chi connectivity index (χ2n) is 8.25. The summed E-state index contributed by atoms with van der Waals surface area (Å²) in [5.74, 6) is -0.154. The van der Waals surface area contributed by atoms with E-state index in [0.29, 0.717) is 19.6 Å². The number of carbonyl (C=O) groups is 2. The van der Waals surface area contributed by atoms with Crippen molar-refractivity contribution in [2.75, 3.05) is 26.7 Å². The topological polar surface area (TPSA) is 58.6 Å². The molecule has 2 heterocycles. The monoisotopic (exact) mass is 400 g/mol. The molecule has 1 aliphatic rings. The summed E-state index contributed by atoms with van der Waals surface area (Å²) in [4.78, 5) is 28.6. The van der Waals surface area contributed by atoms with E-state index >= 15 is 0 Å². The zero-order valence-corrected chi connectivity index (χ0v) is 17.8. The van der Waals surface area contributed by atoms with Crippen LogP contribution in [0, 0.1) is 5.41 Å². The third-order valence-electron chi connectivity index (χ3n) is 5.00. The van der Waals surface area contributed by atoms with Crippen molar-refractivity contribution in [1.29, 1.82) is 0 Å². The van der Waals surface area contributed by atoms with E-state index in [1.165, 1.54) is 4.88 Å². The number of thiophene rings is 1. The number of benzene rings is 1. The molecule has 6 heteroatoms. The molecule has 1 aliphatic heterocycles. The fraction of sp³-hybridized carbons (Fsp3) is 0.455. The summed E-state index contributed by atoms with van der Waals surface area (Å²) in [6.45, 7) is 6.81. The van der Waals surface area contributed by atoms with E-state index in [2.05, 4.69) is 28.9 Å². The summed E-state index contributed by atoms with van der Waals surface area (Å²) in [5, 5.41) is 4.78. The normalized spacial score (nSPS) is 20.1. The molecule has 5 nitrogen and oxygen atoms in total. The van der Waals surface area contributed by atoms with Gasteiger partial charge in [0.25, 0.3) is 5.91 Å². The SMILES string of the molecule is CNC(=O)[C@]1(Cc2ccc(-c3cccs3)cc2)CN(C(=O)C(C)(C)C)CCO1. The number of likely N-dealkylation sites (N-methyl/N-ethyl adjacent to an activating group) is 1. The maximum atomic E-state index is 12.8. The fourth-order valence-corrected chi connectivity index (χ4v) is 4.28. The van der Waals surface area contributed by atoms with E-state index in [9.17, 15) is 9.59 Å². The number of nitrogens with zero attached hydrogens (tertiary/aromatic N) is 1. The molecular weight excluding hydrogens is 372 g/mol. The lowest BCUT2D eigenvalue weighted by molar-refractivity contribution is -0.169. The third-order valence-corrected chi connectivity index (χ3v) is 5.92. The highest BCUT2D eigenvalue weighted by Gasteiger charge is 2.45. The van der Waals surface area contributed by atoms with Gasteiger partial charge in [-0.3, -0.25) is 9.59 Å². The van der Waals surface area contributed by atoms with Gasteiger partial charge in [-0.1, -0.05) is 51.1 Å². The Morgan fingerprint density at radius 3 is 2.50 bits per heavy atom. The van der Waals surface area contributed by atoms with E-state index in [1.54, 1.807) is 23.3 Å². The second kappa shape index (κ2) is 8.05. The molecule has 3 rings (SSSR count). The predicted molar refractivity (Wildman–Crippen MR) is 112 cm³/mol. The standard InChI is InChI=1S/C22H28N2O3S/c1-21(2,3)20(26)24-11-12-27-22(15-24,19(25)23-4)14-16-7-9-17(10-8-16)18-6-5-13-28-18/h5-10,13H,11-12,14-15H2,1-4H3,(H,23,25)/t22-/m0/s1. The van der Waals surface area contributed by atoms with Crippen LogP contribution in [0.25, 0.3) is 10.4 Å². The van der Waals surface area contributed by atoms with Gasteiger partial charge in [0, 0.05) is 30.3 Å². The number of ether oxygens (including phenoxy) is 1. The molecule has 1 aromatic heterocycles. The summed E-state index contributed by atoms with van der Waals surface area (Å²) < 4.78 is 6.01. The van der Waals surface area contributed by atoms with Crippen LogP contribution in [0.15, 0.2) is 41.8 Å². The third kappa shape index (κ3) is 4.28. The summed E-state index contributed by atoms with van der Waals surface area (Å²) in [6.07, 6.45) is 0.422. The highest BCUT2D eigenvalue weighted by Crippen LogP contribution is 2.29. The molecule has 1 saturated heterocycles. The number of nitrogens with one attached hydrogen (secondary N) is 1. The van der Waals surface area contributed by atoms with Gasteiger partial charge in [0.05, 0.1) is 13.2 Å². The van der Waals surface area contributed by atoms with Gasteiger partial charge in [0.15, 0.2) is 5.60 Å². The van der Waals surface area contributed by atoms with Crippen LogP contribution >= 0.6 is 11.3 Å². The first-order valence-electron chi connectivity index (χ1n) is 9.53. The van der Waals surface area contributed by atoms with Crippen LogP contribution in [0.2, 0.25) is 0 Å². The van der Waals surface area contributed by atoms with Crippen molar-refractivity contribution in [2.45, 2.75) is 32.8 Å². The van der Waals surface area contributed by atoms with Gasteiger partial charge >= 0.3 is 0 Å². The molecule has 0 unspecified atom stereocenters. The van der Waals surface area contributed by atoms with E-state index in [0.717, 1.165) is 11.1 Å². The molecular formula is C22H28N2O3S. The maximum absolute atomic E-state index is 12.8. The van der Waals surface area contributed by atoms with Gasteiger partial charge in [-0.2, -0.15) is 0 Å². The second-order valence-corrected chi connectivity index (χ2v) is 9.20. The summed E-state index contributed by atoms with van der Waals surface area (Å²) >= 11 is 1.70. The zero-order valence-electron chi connectivity index (χ0n) is 17.0. The summed E-state index contributed by atoms with van der Waals surface area (Å²) in [6, 6.07) is 12.3. The Morgan fingerprint density at radius 1 is 1.21 bits per heavy atom. The molecule has 0 saturated carbocycles. The molecule has 1 N–H and O–H groups in total. The quantitative estimate of drug-likeness (QED) is 0.856. The van der Waals surface area contributed by atoms with Crippen LogP contribution in [-0.2, 0) is 20.7 Å². The Balaban J connectivity index is 1.83. The smallest absolute Gasteiger partial charge is 0.254 e. The molecule has 1 aromatic carbocycles. The van der Waals surface area contributed by atoms with Gasteiger partial charge in [-0.15, -0.1) is 11.3 Å². The van der Waals surface area contributed by atoms with Gasteiger partial charge in [-0.05, 0) is 22.6 Å². The Bertz CT molecular complexity index is 824. The molecule has 2 amide bonds. The minimum absolute atomic E-state index is 0.0390. The Kier molecular flexibility index (Phi) is 5.91. The van der Waals surface area contributed by atoms with E-state index < -0.39 is 11.0 Å². The number of amides is 2. The van der Waals surface area contributed by atoms with Crippen LogP contribution in [0.3, 0.4) is 0 Å². The van der Waals surface area contributed by atoms with Crippen LogP contribution in [0.1, 0.15) is 26.3 Å². The molecule has 1 atom stereocenters. The lowest BCUT2D eigenvalue weighted by Crippen LogP contribution is -2.62. The zero-order chi connectivity index (χ0) is 20.4. The van der Waals surface area contributed by atoms with Gasteiger partial charge in [-0.25, -0.2) is 0 Å². The van der Waals surface area contributed by atoms with Crippen molar-refractivity contribution in [3.05, 3.63) is 47.3 Å². The maximum Gasteiger partial charge on any atom is 0.254 e. The highest BCUT2D eigenvalue weighted by atomic mass is 32.1. The molecule has 0 bridgehead atoms. The average molecular weight is 401 g/mol. The van der Waals surface area contributed by atoms with Gasteiger partial charge in [0.1, 0.15) is 0 Å². The molecule has 28 heavy (non-hydrogen) atoms. The van der Waals surface area contributed by atoms with Crippen LogP contribution < -0.4 is 5.32 Å². The van der Waals surface area contributed by atoms with Crippen molar-refractivity contribution < 1.29 is 14.3 Å². The largest absolute Gasteiger partial charge is 0.361 e. The lowest BCUT2D eigenvalue weighted by Gasteiger charge is -2.43. The summed E-state index contributed by atoms with van der Waals surface area (Å²) in [5.41, 5.74) is 0.600. The molecule has 2 aromatic rings. The van der Waals surface area contributed by atoms with Gasteiger partial charge < -0.3 is 15.0 Å². The van der Waals surface area contributed by atoms with Crippen molar-refractivity contribution in [1.82, 2.24) is 10.2 Å². The van der Waals surface area contributed by atoms with E-state index in [-0.39, 0.29) is 18.4 Å².